The lowest BCUT2D eigenvalue weighted by molar-refractivity contribution is -0.129. The smallest absolute Gasteiger partial charge is 0.409 e. The molecule has 3 amide bonds. The maximum Gasteiger partial charge on any atom is 0.409 e. The zero-order chi connectivity index (χ0) is 13.5. The van der Waals surface area contributed by atoms with Gasteiger partial charge < -0.3 is 20.3 Å². The molecular formula is C11H19N3O4. The first-order valence-corrected chi connectivity index (χ1v) is 5.90. The average Bonchev–Trinajstić information content (AvgIpc) is 2.53. The summed E-state index contributed by atoms with van der Waals surface area (Å²) in [5, 5.41) is 5.35. The minimum atomic E-state index is -0.588. The zero-order valence-corrected chi connectivity index (χ0v) is 10.7. The van der Waals surface area contributed by atoms with Gasteiger partial charge in [0.1, 0.15) is 12.6 Å². The summed E-state index contributed by atoms with van der Waals surface area (Å²) < 4.78 is 4.47. The summed E-state index contributed by atoms with van der Waals surface area (Å²) in [5.74, 6) is -0.536. The van der Waals surface area contributed by atoms with Crippen molar-refractivity contribution in [3.63, 3.8) is 0 Å². The van der Waals surface area contributed by atoms with Crippen LogP contribution in [0.15, 0.2) is 0 Å². The van der Waals surface area contributed by atoms with Crippen LogP contribution < -0.4 is 10.6 Å². The summed E-state index contributed by atoms with van der Waals surface area (Å²) in [6, 6.07) is -0.508. The number of nitrogens with one attached hydrogen (secondary N) is 2. The Morgan fingerprint density at radius 2 is 2.22 bits per heavy atom. The van der Waals surface area contributed by atoms with Crippen molar-refractivity contribution >= 4 is 17.9 Å². The Labute approximate surface area is 106 Å². The Kier molecular flexibility index (Phi) is 5.41. The van der Waals surface area contributed by atoms with E-state index in [0.29, 0.717) is 13.0 Å². The van der Waals surface area contributed by atoms with Crippen molar-refractivity contribution in [3.8, 4) is 0 Å². The van der Waals surface area contributed by atoms with Crippen LogP contribution in [-0.4, -0.2) is 56.1 Å². The van der Waals surface area contributed by atoms with Gasteiger partial charge in [0.15, 0.2) is 0 Å². The first kappa shape index (κ1) is 14.3. The standard InChI is InChI=1S/C11H19N3O4/c1-14(11(17)18-2)7-9(15)13-8-5-3-4-6-12-10(8)16/h8H,3-7H2,1-2H3,(H,12,16)(H,13,15). The third kappa shape index (κ3) is 4.23. The van der Waals surface area contributed by atoms with E-state index in [1.54, 1.807) is 0 Å². The molecule has 7 nitrogen and oxygen atoms in total. The Bertz CT molecular complexity index is 332. The van der Waals surface area contributed by atoms with Gasteiger partial charge in [-0.05, 0) is 19.3 Å². The van der Waals surface area contributed by atoms with E-state index in [1.165, 1.54) is 14.2 Å². The number of likely N-dealkylation sites (N-methyl/N-ethyl adjacent to an activating group) is 1. The van der Waals surface area contributed by atoms with Crippen LogP contribution in [0.5, 0.6) is 0 Å². The molecule has 0 spiro atoms. The van der Waals surface area contributed by atoms with Crippen LogP contribution in [0.4, 0.5) is 4.79 Å². The number of methoxy groups -OCH3 is 1. The fourth-order valence-electron chi connectivity index (χ4n) is 1.75. The van der Waals surface area contributed by atoms with Crippen molar-refractivity contribution in [2.24, 2.45) is 0 Å². The molecule has 0 saturated carbocycles. The minimum Gasteiger partial charge on any atom is -0.453 e. The highest BCUT2D eigenvalue weighted by atomic mass is 16.5. The number of amides is 3. The van der Waals surface area contributed by atoms with Gasteiger partial charge in [-0.2, -0.15) is 0 Å². The zero-order valence-electron chi connectivity index (χ0n) is 10.7. The van der Waals surface area contributed by atoms with Gasteiger partial charge in [0.2, 0.25) is 11.8 Å². The maximum atomic E-state index is 11.7. The van der Waals surface area contributed by atoms with Crippen molar-refractivity contribution in [1.29, 1.82) is 0 Å². The molecule has 18 heavy (non-hydrogen) atoms. The number of carbonyl (C=O) groups excluding carboxylic acids is 3. The topological polar surface area (TPSA) is 87.7 Å². The van der Waals surface area contributed by atoms with E-state index in [-0.39, 0.29) is 18.4 Å². The predicted molar refractivity (Wildman–Crippen MR) is 63.8 cm³/mol. The number of hydrogen-bond donors (Lipinski definition) is 2. The van der Waals surface area contributed by atoms with E-state index < -0.39 is 12.1 Å². The molecule has 0 radical (unpaired) electrons. The molecule has 102 valence electrons. The van der Waals surface area contributed by atoms with Crippen LogP contribution in [0.2, 0.25) is 0 Å². The van der Waals surface area contributed by atoms with E-state index in [4.69, 9.17) is 0 Å². The molecular weight excluding hydrogens is 238 g/mol. The van der Waals surface area contributed by atoms with Gasteiger partial charge in [-0.25, -0.2) is 4.79 Å². The quantitative estimate of drug-likeness (QED) is 0.711. The second-order valence-corrected chi connectivity index (χ2v) is 4.23. The van der Waals surface area contributed by atoms with Crippen LogP contribution in [0, 0.1) is 0 Å². The van der Waals surface area contributed by atoms with Crippen LogP contribution in [0.25, 0.3) is 0 Å². The highest BCUT2D eigenvalue weighted by molar-refractivity contribution is 5.89. The third-order valence-corrected chi connectivity index (χ3v) is 2.74. The van der Waals surface area contributed by atoms with Gasteiger partial charge in [0.05, 0.1) is 7.11 Å². The maximum absolute atomic E-state index is 11.7. The summed E-state index contributed by atoms with van der Waals surface area (Å²) in [7, 11) is 2.70. The van der Waals surface area contributed by atoms with E-state index in [0.717, 1.165) is 17.7 Å². The molecule has 7 heteroatoms. The lowest BCUT2D eigenvalue weighted by Crippen LogP contribution is -2.48. The molecule has 1 saturated heterocycles. The molecule has 0 bridgehead atoms. The summed E-state index contributed by atoms with van der Waals surface area (Å²) >= 11 is 0. The molecule has 2 N–H and O–H groups in total. The van der Waals surface area contributed by atoms with Gasteiger partial charge in [0, 0.05) is 13.6 Å². The number of nitrogens with zero attached hydrogens (tertiary/aromatic N) is 1. The minimum absolute atomic E-state index is 0.129. The first-order chi connectivity index (χ1) is 8.54. The Balaban J connectivity index is 2.43. The lowest BCUT2D eigenvalue weighted by atomic mass is 10.1. The van der Waals surface area contributed by atoms with Crippen molar-refractivity contribution in [2.75, 3.05) is 27.2 Å². The van der Waals surface area contributed by atoms with E-state index in [2.05, 4.69) is 15.4 Å². The van der Waals surface area contributed by atoms with E-state index >= 15 is 0 Å². The molecule has 1 aliphatic heterocycles. The first-order valence-electron chi connectivity index (χ1n) is 5.90. The van der Waals surface area contributed by atoms with Gasteiger partial charge in [-0.1, -0.05) is 0 Å². The van der Waals surface area contributed by atoms with Gasteiger partial charge in [-0.15, -0.1) is 0 Å². The molecule has 1 unspecified atom stereocenters. The Morgan fingerprint density at radius 1 is 1.50 bits per heavy atom. The highest BCUT2D eigenvalue weighted by Gasteiger charge is 2.23. The summed E-state index contributed by atoms with van der Waals surface area (Å²) in [5.41, 5.74) is 0. The monoisotopic (exact) mass is 257 g/mol. The van der Waals surface area contributed by atoms with Crippen molar-refractivity contribution < 1.29 is 19.1 Å². The van der Waals surface area contributed by atoms with Gasteiger partial charge >= 0.3 is 6.09 Å². The fraction of sp³-hybridized carbons (Fsp3) is 0.727. The van der Waals surface area contributed by atoms with E-state index in [9.17, 15) is 14.4 Å². The highest BCUT2D eigenvalue weighted by Crippen LogP contribution is 2.05. The lowest BCUT2D eigenvalue weighted by Gasteiger charge is -2.18. The largest absolute Gasteiger partial charge is 0.453 e. The van der Waals surface area contributed by atoms with Gasteiger partial charge in [-0.3, -0.25) is 9.59 Å². The van der Waals surface area contributed by atoms with Gasteiger partial charge in [0.25, 0.3) is 0 Å². The number of carbonyl (C=O) groups is 3. The molecule has 0 aromatic rings. The molecule has 0 aromatic heterocycles. The molecule has 1 aliphatic rings. The summed E-state index contributed by atoms with van der Waals surface area (Å²) in [4.78, 5) is 35.5. The average molecular weight is 257 g/mol. The van der Waals surface area contributed by atoms with E-state index in [1.807, 2.05) is 0 Å². The van der Waals surface area contributed by atoms with Crippen molar-refractivity contribution in [3.05, 3.63) is 0 Å². The number of ether oxygens (including phenoxy) is 1. The second-order valence-electron chi connectivity index (χ2n) is 4.23. The predicted octanol–water partition coefficient (Wildman–Crippen LogP) is -0.530. The molecule has 1 atom stereocenters. The molecule has 1 heterocycles. The van der Waals surface area contributed by atoms with Crippen molar-refractivity contribution in [1.82, 2.24) is 15.5 Å². The molecule has 0 aromatic carbocycles. The summed E-state index contributed by atoms with van der Waals surface area (Å²) in [6.07, 6.45) is 1.84. The molecule has 1 fully saturated rings. The molecule has 0 aliphatic carbocycles. The van der Waals surface area contributed by atoms with Crippen LogP contribution in [0.3, 0.4) is 0 Å². The number of hydrogen-bond acceptors (Lipinski definition) is 4. The molecule has 1 rings (SSSR count). The second kappa shape index (κ2) is 6.83. The fourth-order valence-corrected chi connectivity index (χ4v) is 1.75. The normalized spacial score (nSPS) is 19.4. The SMILES string of the molecule is COC(=O)N(C)CC(=O)NC1CCCCNC1=O. The van der Waals surface area contributed by atoms with Crippen LogP contribution >= 0.6 is 0 Å². The Hall–Kier alpha value is -1.79. The summed E-state index contributed by atoms with van der Waals surface area (Å²) in [6.45, 7) is 0.518. The van der Waals surface area contributed by atoms with Crippen molar-refractivity contribution in [2.45, 2.75) is 25.3 Å². The number of rotatable bonds is 3. The Morgan fingerprint density at radius 3 is 2.89 bits per heavy atom. The third-order valence-electron chi connectivity index (χ3n) is 2.74. The van der Waals surface area contributed by atoms with Crippen LogP contribution in [-0.2, 0) is 14.3 Å². The van der Waals surface area contributed by atoms with Crippen LogP contribution in [0.1, 0.15) is 19.3 Å².